The van der Waals surface area contributed by atoms with Crippen LogP contribution in [0.4, 0.5) is 11.4 Å². The Morgan fingerprint density at radius 2 is 1.83 bits per heavy atom. The lowest BCUT2D eigenvalue weighted by Gasteiger charge is -2.22. The third-order valence-corrected chi connectivity index (χ3v) is 5.01. The molecule has 2 N–H and O–H groups in total. The van der Waals surface area contributed by atoms with E-state index in [2.05, 4.69) is 10.6 Å². The molecule has 0 saturated carbocycles. The number of anilines is 2. The van der Waals surface area contributed by atoms with Crippen LogP contribution in [0.1, 0.15) is 42.6 Å². The zero-order valence-electron chi connectivity index (χ0n) is 17.1. The summed E-state index contributed by atoms with van der Waals surface area (Å²) in [5, 5.41) is 5.72. The molecule has 29 heavy (non-hydrogen) atoms. The SMILES string of the molecule is Cc1cccc(C(=O)N[C@H](C(=O)Nc2cccc(N3CCCC3=O)c2)C(C)C)c1. The van der Waals surface area contributed by atoms with Crippen LogP contribution in [0.5, 0.6) is 0 Å². The summed E-state index contributed by atoms with van der Waals surface area (Å²) in [5.41, 5.74) is 2.88. The summed E-state index contributed by atoms with van der Waals surface area (Å²) in [6.45, 7) is 6.39. The molecule has 0 unspecified atom stereocenters. The summed E-state index contributed by atoms with van der Waals surface area (Å²) in [7, 11) is 0. The zero-order chi connectivity index (χ0) is 21.0. The maximum absolute atomic E-state index is 12.9. The minimum absolute atomic E-state index is 0.0906. The van der Waals surface area contributed by atoms with E-state index in [-0.39, 0.29) is 23.6 Å². The predicted octanol–water partition coefficient (Wildman–Crippen LogP) is 3.51. The summed E-state index contributed by atoms with van der Waals surface area (Å²) in [6, 6.07) is 13.8. The maximum Gasteiger partial charge on any atom is 0.251 e. The second-order valence-corrected chi connectivity index (χ2v) is 7.75. The fourth-order valence-corrected chi connectivity index (χ4v) is 3.44. The summed E-state index contributed by atoms with van der Waals surface area (Å²) in [4.78, 5) is 39.2. The third kappa shape index (κ3) is 5.02. The van der Waals surface area contributed by atoms with Crippen molar-refractivity contribution in [1.29, 1.82) is 0 Å². The summed E-state index contributed by atoms with van der Waals surface area (Å²) >= 11 is 0. The average molecular weight is 393 g/mol. The molecule has 3 amide bonds. The lowest BCUT2D eigenvalue weighted by atomic mass is 10.0. The fourth-order valence-electron chi connectivity index (χ4n) is 3.44. The monoisotopic (exact) mass is 393 g/mol. The Morgan fingerprint density at radius 1 is 1.07 bits per heavy atom. The number of aryl methyl sites for hydroxylation is 1. The molecule has 1 aliphatic rings. The van der Waals surface area contributed by atoms with E-state index >= 15 is 0 Å². The minimum atomic E-state index is -0.680. The number of nitrogens with one attached hydrogen (secondary N) is 2. The molecular weight excluding hydrogens is 366 g/mol. The Bertz CT molecular complexity index is 923. The van der Waals surface area contributed by atoms with Crippen molar-refractivity contribution in [3.8, 4) is 0 Å². The molecule has 0 bridgehead atoms. The van der Waals surface area contributed by atoms with E-state index in [0.29, 0.717) is 24.2 Å². The topological polar surface area (TPSA) is 78.5 Å². The normalized spacial score (nSPS) is 14.8. The molecule has 6 heteroatoms. The van der Waals surface area contributed by atoms with Gasteiger partial charge in [-0.2, -0.15) is 0 Å². The average Bonchev–Trinajstić information content (AvgIpc) is 3.11. The first-order valence-corrected chi connectivity index (χ1v) is 9.94. The summed E-state index contributed by atoms with van der Waals surface area (Å²) in [6.07, 6.45) is 1.40. The number of nitrogens with zero attached hydrogens (tertiary/aromatic N) is 1. The molecule has 2 aromatic rings. The highest BCUT2D eigenvalue weighted by Gasteiger charge is 2.26. The van der Waals surface area contributed by atoms with Crippen LogP contribution in [0.25, 0.3) is 0 Å². The van der Waals surface area contributed by atoms with Gasteiger partial charge in [0, 0.05) is 29.9 Å². The van der Waals surface area contributed by atoms with Gasteiger partial charge >= 0.3 is 0 Å². The van der Waals surface area contributed by atoms with Crippen molar-refractivity contribution < 1.29 is 14.4 Å². The lowest BCUT2D eigenvalue weighted by Crippen LogP contribution is -2.47. The molecule has 152 valence electrons. The highest BCUT2D eigenvalue weighted by atomic mass is 16.2. The molecule has 0 aliphatic carbocycles. The van der Waals surface area contributed by atoms with Crippen molar-refractivity contribution in [3.05, 3.63) is 59.7 Å². The molecule has 6 nitrogen and oxygen atoms in total. The van der Waals surface area contributed by atoms with Crippen molar-refractivity contribution in [2.24, 2.45) is 5.92 Å². The van der Waals surface area contributed by atoms with E-state index in [4.69, 9.17) is 0 Å². The molecule has 1 saturated heterocycles. The second kappa shape index (κ2) is 8.90. The standard InChI is InChI=1S/C23H27N3O3/c1-15(2)21(25-22(28)17-8-4-7-16(3)13-17)23(29)24-18-9-5-10-19(14-18)26-12-6-11-20(26)27/h4-5,7-10,13-15,21H,6,11-12H2,1-3H3,(H,24,29)(H,25,28)/t21-/m0/s1. The van der Waals surface area contributed by atoms with E-state index in [1.54, 1.807) is 29.2 Å². The molecule has 1 aliphatic heterocycles. The van der Waals surface area contributed by atoms with Crippen LogP contribution in [0, 0.1) is 12.8 Å². The number of rotatable bonds is 6. The molecule has 0 aromatic heterocycles. The first-order chi connectivity index (χ1) is 13.8. The zero-order valence-corrected chi connectivity index (χ0v) is 17.1. The molecule has 0 spiro atoms. The van der Waals surface area contributed by atoms with Crippen LogP contribution in [-0.2, 0) is 9.59 Å². The van der Waals surface area contributed by atoms with Gasteiger partial charge in [-0.3, -0.25) is 14.4 Å². The molecule has 1 atom stereocenters. The van der Waals surface area contributed by atoms with Gasteiger partial charge in [-0.05, 0) is 49.6 Å². The Balaban J connectivity index is 1.71. The van der Waals surface area contributed by atoms with Crippen LogP contribution in [0.15, 0.2) is 48.5 Å². The molecular formula is C23H27N3O3. The number of carbonyl (C=O) groups is 3. The Hall–Kier alpha value is -3.15. The van der Waals surface area contributed by atoms with Gasteiger partial charge in [-0.25, -0.2) is 0 Å². The quantitative estimate of drug-likeness (QED) is 0.788. The Kier molecular flexibility index (Phi) is 6.32. The van der Waals surface area contributed by atoms with E-state index in [1.165, 1.54) is 0 Å². The van der Waals surface area contributed by atoms with E-state index in [9.17, 15) is 14.4 Å². The van der Waals surface area contributed by atoms with Crippen molar-refractivity contribution >= 4 is 29.1 Å². The van der Waals surface area contributed by atoms with Gasteiger partial charge in [0.15, 0.2) is 0 Å². The van der Waals surface area contributed by atoms with Crippen LogP contribution in [0.2, 0.25) is 0 Å². The summed E-state index contributed by atoms with van der Waals surface area (Å²) < 4.78 is 0. The smallest absolute Gasteiger partial charge is 0.251 e. The van der Waals surface area contributed by atoms with E-state index in [0.717, 1.165) is 17.7 Å². The van der Waals surface area contributed by atoms with Gasteiger partial charge in [-0.1, -0.05) is 37.6 Å². The van der Waals surface area contributed by atoms with Gasteiger partial charge in [0.05, 0.1) is 0 Å². The summed E-state index contributed by atoms with van der Waals surface area (Å²) in [5.74, 6) is -0.559. The van der Waals surface area contributed by atoms with Gasteiger partial charge in [0.25, 0.3) is 5.91 Å². The van der Waals surface area contributed by atoms with Crippen molar-refractivity contribution in [2.45, 2.75) is 39.7 Å². The first-order valence-electron chi connectivity index (χ1n) is 9.94. The molecule has 0 radical (unpaired) electrons. The minimum Gasteiger partial charge on any atom is -0.340 e. The van der Waals surface area contributed by atoms with E-state index in [1.807, 2.05) is 45.0 Å². The highest BCUT2D eigenvalue weighted by Crippen LogP contribution is 2.24. The van der Waals surface area contributed by atoms with Gasteiger partial charge in [0.2, 0.25) is 11.8 Å². The van der Waals surface area contributed by atoms with Crippen LogP contribution in [0.3, 0.4) is 0 Å². The lowest BCUT2D eigenvalue weighted by molar-refractivity contribution is -0.119. The second-order valence-electron chi connectivity index (χ2n) is 7.75. The fraction of sp³-hybridized carbons (Fsp3) is 0.348. The van der Waals surface area contributed by atoms with Gasteiger partial charge in [-0.15, -0.1) is 0 Å². The highest BCUT2D eigenvalue weighted by molar-refractivity contribution is 6.02. The van der Waals surface area contributed by atoms with Crippen molar-refractivity contribution in [3.63, 3.8) is 0 Å². The molecule has 3 rings (SSSR count). The molecule has 1 fully saturated rings. The number of hydrogen-bond donors (Lipinski definition) is 2. The third-order valence-electron chi connectivity index (χ3n) is 5.01. The number of amides is 3. The van der Waals surface area contributed by atoms with Crippen molar-refractivity contribution in [2.75, 3.05) is 16.8 Å². The van der Waals surface area contributed by atoms with Crippen molar-refractivity contribution in [1.82, 2.24) is 5.32 Å². The number of hydrogen-bond acceptors (Lipinski definition) is 3. The van der Waals surface area contributed by atoms with E-state index < -0.39 is 6.04 Å². The van der Waals surface area contributed by atoms with Gasteiger partial charge < -0.3 is 15.5 Å². The Morgan fingerprint density at radius 3 is 2.48 bits per heavy atom. The van der Waals surface area contributed by atoms with Crippen LogP contribution in [-0.4, -0.2) is 30.3 Å². The predicted molar refractivity (Wildman–Crippen MR) is 114 cm³/mol. The number of carbonyl (C=O) groups excluding carboxylic acids is 3. The van der Waals surface area contributed by atoms with Crippen LogP contribution < -0.4 is 15.5 Å². The number of benzene rings is 2. The first kappa shape index (κ1) is 20.6. The largest absolute Gasteiger partial charge is 0.340 e. The molecule has 1 heterocycles. The maximum atomic E-state index is 12.9. The van der Waals surface area contributed by atoms with Gasteiger partial charge in [0.1, 0.15) is 6.04 Å². The van der Waals surface area contributed by atoms with Crippen LogP contribution >= 0.6 is 0 Å². The molecule has 2 aromatic carbocycles. The Labute approximate surface area is 171 Å².